The molecule has 2 unspecified atom stereocenters. The van der Waals surface area contributed by atoms with Crippen molar-refractivity contribution in [1.82, 2.24) is 10.2 Å². The molecule has 3 aliphatic heterocycles. The van der Waals surface area contributed by atoms with Crippen molar-refractivity contribution in [2.45, 2.75) is 50.5 Å². The van der Waals surface area contributed by atoms with E-state index in [1.807, 2.05) is 32.0 Å². The van der Waals surface area contributed by atoms with Crippen LogP contribution >= 0.6 is 0 Å². The van der Waals surface area contributed by atoms with Gasteiger partial charge in [-0.05, 0) is 38.8 Å². The Labute approximate surface area is 169 Å². The Morgan fingerprint density at radius 1 is 1.28 bits per heavy atom. The van der Waals surface area contributed by atoms with Crippen LogP contribution < -0.4 is 10.6 Å². The van der Waals surface area contributed by atoms with Crippen molar-refractivity contribution in [2.24, 2.45) is 11.8 Å². The van der Waals surface area contributed by atoms with E-state index in [0.29, 0.717) is 18.5 Å². The van der Waals surface area contributed by atoms with Gasteiger partial charge < -0.3 is 25.4 Å². The number of hydrogen-bond donors (Lipinski definition) is 3. The van der Waals surface area contributed by atoms with Crippen molar-refractivity contribution >= 4 is 23.4 Å². The maximum atomic E-state index is 13.3. The minimum Gasteiger partial charge on any atom is -0.395 e. The monoisotopic (exact) mass is 401 g/mol. The van der Waals surface area contributed by atoms with Gasteiger partial charge in [-0.3, -0.25) is 14.4 Å². The lowest BCUT2D eigenvalue weighted by Gasteiger charge is -2.33. The molecule has 3 N–H and O–H groups in total. The molecule has 0 aliphatic carbocycles. The summed E-state index contributed by atoms with van der Waals surface area (Å²) in [7, 11) is 0. The third-order valence-electron chi connectivity index (χ3n) is 6.16. The summed E-state index contributed by atoms with van der Waals surface area (Å²) in [5.41, 5.74) is -0.365. The third-order valence-corrected chi connectivity index (χ3v) is 6.16. The highest BCUT2D eigenvalue weighted by Gasteiger charge is 2.74. The number of amides is 3. The number of ether oxygens (including phenoxy) is 1. The van der Waals surface area contributed by atoms with Gasteiger partial charge >= 0.3 is 0 Å². The molecule has 1 aromatic carbocycles. The summed E-state index contributed by atoms with van der Waals surface area (Å²) in [6.45, 7) is 3.48. The van der Waals surface area contributed by atoms with E-state index in [4.69, 9.17) is 4.74 Å². The number of nitrogens with one attached hydrogen (secondary N) is 2. The Kier molecular flexibility index (Phi) is 5.08. The summed E-state index contributed by atoms with van der Waals surface area (Å²) < 4.78 is 6.25. The van der Waals surface area contributed by atoms with Crippen LogP contribution in [-0.2, 0) is 19.1 Å². The van der Waals surface area contributed by atoms with Crippen LogP contribution in [0.5, 0.6) is 0 Å². The van der Waals surface area contributed by atoms with Gasteiger partial charge in [0.2, 0.25) is 17.7 Å². The van der Waals surface area contributed by atoms with E-state index in [-0.39, 0.29) is 36.9 Å². The number of carbonyl (C=O) groups excluding carboxylic acids is 3. The second-order valence-electron chi connectivity index (χ2n) is 8.33. The van der Waals surface area contributed by atoms with Crippen molar-refractivity contribution in [3.8, 4) is 0 Å². The standard InChI is InChI=1S/C21H27N3O5/c1-12(2)22-19(27)17-21-9-8-14(29-21)15(16(21)20(28)24(17)10-11-25)18(26)23-13-6-4-3-5-7-13/h3-7,12,14-17,25H,8-11H2,1-2H3,(H,22,27)(H,23,26)/t14-,15+,16+,17?,21?/m1/s1. The van der Waals surface area contributed by atoms with Gasteiger partial charge in [-0.1, -0.05) is 18.2 Å². The predicted molar refractivity (Wildman–Crippen MR) is 105 cm³/mol. The van der Waals surface area contributed by atoms with Crippen molar-refractivity contribution in [3.05, 3.63) is 30.3 Å². The van der Waals surface area contributed by atoms with E-state index >= 15 is 0 Å². The van der Waals surface area contributed by atoms with Crippen molar-refractivity contribution in [1.29, 1.82) is 0 Å². The smallest absolute Gasteiger partial charge is 0.246 e. The fraction of sp³-hybridized carbons (Fsp3) is 0.571. The van der Waals surface area contributed by atoms with E-state index in [9.17, 15) is 19.5 Å². The molecule has 0 aromatic heterocycles. The Hall–Kier alpha value is -2.45. The van der Waals surface area contributed by atoms with E-state index < -0.39 is 29.6 Å². The molecule has 3 aliphatic rings. The summed E-state index contributed by atoms with van der Waals surface area (Å²) >= 11 is 0. The predicted octanol–water partition coefficient (Wildman–Crippen LogP) is 0.517. The lowest BCUT2D eigenvalue weighted by Crippen LogP contribution is -2.56. The molecule has 3 saturated heterocycles. The minimum absolute atomic E-state index is 0.0360. The van der Waals surface area contributed by atoms with Crippen LogP contribution in [0.3, 0.4) is 0 Å². The number of nitrogens with zero attached hydrogens (tertiary/aromatic N) is 1. The number of carbonyl (C=O) groups is 3. The number of anilines is 1. The molecule has 156 valence electrons. The SMILES string of the molecule is CC(C)NC(=O)C1N(CCO)C(=O)[C@@H]2[C@@H](C(=O)Nc3ccccc3)[C@H]3CCC12O3. The first-order valence-electron chi connectivity index (χ1n) is 10.1. The van der Waals surface area contributed by atoms with E-state index in [1.54, 1.807) is 12.1 Å². The molecule has 4 rings (SSSR count). The van der Waals surface area contributed by atoms with E-state index in [0.717, 1.165) is 0 Å². The second kappa shape index (κ2) is 7.42. The highest BCUT2D eigenvalue weighted by Crippen LogP contribution is 2.58. The largest absolute Gasteiger partial charge is 0.395 e. The Bertz CT molecular complexity index is 814. The van der Waals surface area contributed by atoms with Crippen molar-refractivity contribution < 1.29 is 24.2 Å². The number of para-hydroxylation sites is 1. The maximum Gasteiger partial charge on any atom is 0.246 e. The molecule has 0 radical (unpaired) electrons. The zero-order valence-corrected chi connectivity index (χ0v) is 16.6. The molecule has 2 bridgehead atoms. The number of β-amino-alcohol motifs (C(OH)–C–C–N with tert-alkyl or cyclic N) is 1. The quantitative estimate of drug-likeness (QED) is 0.644. The van der Waals surface area contributed by atoms with Crippen LogP contribution in [0, 0.1) is 11.8 Å². The number of rotatable bonds is 6. The number of benzene rings is 1. The number of fused-ring (bicyclic) bond motifs is 1. The van der Waals surface area contributed by atoms with Crippen LogP contribution in [0.2, 0.25) is 0 Å². The molecule has 29 heavy (non-hydrogen) atoms. The summed E-state index contributed by atoms with van der Waals surface area (Å²) in [5.74, 6) is -2.24. The molecule has 8 heteroatoms. The van der Waals surface area contributed by atoms with Gasteiger partial charge in [0.05, 0.1) is 24.5 Å². The average Bonchev–Trinajstić information content (AvgIpc) is 3.30. The normalized spacial score (nSPS) is 32.6. The molecule has 1 spiro atoms. The number of aliphatic hydroxyl groups is 1. The summed E-state index contributed by atoms with van der Waals surface area (Å²) in [6, 6.07) is 8.14. The highest BCUT2D eigenvalue weighted by atomic mass is 16.5. The summed E-state index contributed by atoms with van der Waals surface area (Å²) in [6.07, 6.45) is 0.773. The summed E-state index contributed by atoms with van der Waals surface area (Å²) in [4.78, 5) is 40.8. The first-order chi connectivity index (χ1) is 13.9. The van der Waals surface area contributed by atoms with Crippen LogP contribution in [0.25, 0.3) is 0 Å². The van der Waals surface area contributed by atoms with E-state index in [2.05, 4.69) is 10.6 Å². The van der Waals surface area contributed by atoms with Gasteiger partial charge in [-0.25, -0.2) is 0 Å². The molecule has 1 aromatic rings. The Morgan fingerprint density at radius 3 is 2.66 bits per heavy atom. The second-order valence-corrected chi connectivity index (χ2v) is 8.33. The molecule has 0 saturated carbocycles. The zero-order chi connectivity index (χ0) is 20.8. The van der Waals surface area contributed by atoms with Crippen LogP contribution in [0.1, 0.15) is 26.7 Å². The maximum absolute atomic E-state index is 13.3. The molecule has 3 fully saturated rings. The molecule has 8 nitrogen and oxygen atoms in total. The third kappa shape index (κ3) is 3.11. The van der Waals surface area contributed by atoms with Gasteiger partial charge in [0.25, 0.3) is 0 Å². The molecule has 5 atom stereocenters. The number of aliphatic hydroxyl groups excluding tert-OH is 1. The van der Waals surface area contributed by atoms with Gasteiger partial charge in [-0.2, -0.15) is 0 Å². The van der Waals surface area contributed by atoms with Crippen LogP contribution in [-0.4, -0.2) is 64.7 Å². The topological polar surface area (TPSA) is 108 Å². The highest BCUT2D eigenvalue weighted by molar-refractivity contribution is 6.02. The fourth-order valence-corrected chi connectivity index (χ4v) is 5.21. The number of hydrogen-bond acceptors (Lipinski definition) is 5. The lowest BCUT2D eigenvalue weighted by atomic mass is 9.70. The minimum atomic E-state index is -1.02. The zero-order valence-electron chi connectivity index (χ0n) is 16.6. The van der Waals surface area contributed by atoms with E-state index in [1.165, 1.54) is 4.90 Å². The van der Waals surface area contributed by atoms with Gasteiger partial charge in [0.15, 0.2) is 0 Å². The van der Waals surface area contributed by atoms with Gasteiger partial charge in [-0.15, -0.1) is 0 Å². The van der Waals surface area contributed by atoms with Gasteiger partial charge in [0.1, 0.15) is 11.6 Å². The average molecular weight is 401 g/mol. The first-order valence-corrected chi connectivity index (χ1v) is 10.1. The Morgan fingerprint density at radius 2 is 2.00 bits per heavy atom. The molecular weight excluding hydrogens is 374 g/mol. The fourth-order valence-electron chi connectivity index (χ4n) is 5.21. The Balaban J connectivity index is 1.65. The van der Waals surface area contributed by atoms with Crippen molar-refractivity contribution in [2.75, 3.05) is 18.5 Å². The lowest BCUT2D eigenvalue weighted by molar-refractivity contribution is -0.142. The summed E-state index contributed by atoms with van der Waals surface area (Å²) in [5, 5.41) is 15.2. The van der Waals surface area contributed by atoms with Crippen LogP contribution in [0.4, 0.5) is 5.69 Å². The molecule has 3 heterocycles. The molecule has 3 amide bonds. The van der Waals surface area contributed by atoms with Crippen molar-refractivity contribution in [3.63, 3.8) is 0 Å². The number of likely N-dealkylation sites (tertiary alicyclic amines) is 1. The van der Waals surface area contributed by atoms with Crippen LogP contribution in [0.15, 0.2) is 30.3 Å². The first kappa shape index (κ1) is 19.8. The molecular formula is C21H27N3O5. The van der Waals surface area contributed by atoms with Gasteiger partial charge in [0, 0.05) is 18.3 Å².